The molecule has 0 unspecified atom stereocenters. The van der Waals surface area contributed by atoms with E-state index in [0.717, 1.165) is 0 Å². The molecule has 2 N–H and O–H groups in total. The van der Waals surface area contributed by atoms with Crippen molar-refractivity contribution in [3.8, 4) is 0 Å². The first-order valence-electron chi connectivity index (χ1n) is 4.23. The fourth-order valence-corrected chi connectivity index (χ4v) is 0. The first-order chi connectivity index (χ1) is 5.83. The fourth-order valence-electron chi connectivity index (χ4n) is 0. The molecular formula is C11H25N. The first-order valence-corrected chi connectivity index (χ1v) is 4.23. The van der Waals surface area contributed by atoms with Crippen LogP contribution in [0.25, 0.3) is 0 Å². The van der Waals surface area contributed by atoms with Crippen molar-refractivity contribution in [2.24, 2.45) is 5.73 Å². The maximum atomic E-state index is 4.85. The monoisotopic (exact) mass is 171 g/mol. The average Bonchev–Trinajstić information content (AvgIpc) is 2.23. The molecule has 0 spiro atoms. The Morgan fingerprint density at radius 3 is 1.00 bits per heavy atom. The quantitative estimate of drug-likeness (QED) is 0.550. The normalized spacial score (nSPS) is 7.08. The summed E-state index contributed by atoms with van der Waals surface area (Å²) in [6.07, 6.45) is 7.28. The molecule has 0 fully saturated rings. The van der Waals surface area contributed by atoms with Crippen LogP contribution in [0.1, 0.15) is 34.6 Å². The smallest absolute Gasteiger partial charge is 0.0106 e. The molecule has 0 bridgehead atoms. The topological polar surface area (TPSA) is 26.0 Å². The summed E-state index contributed by atoms with van der Waals surface area (Å²) in [6, 6.07) is 0. The van der Waals surface area contributed by atoms with E-state index in [-0.39, 0.29) is 0 Å². The third kappa shape index (κ3) is 558. The average molecular weight is 171 g/mol. The summed E-state index contributed by atoms with van der Waals surface area (Å²) in [5.74, 6) is 0. The minimum atomic E-state index is 1.50. The van der Waals surface area contributed by atoms with Crippen LogP contribution < -0.4 is 5.73 Å². The molecule has 0 radical (unpaired) electrons. The van der Waals surface area contributed by atoms with Crippen LogP contribution >= 0.6 is 0 Å². The van der Waals surface area contributed by atoms with E-state index in [4.69, 9.17) is 5.73 Å². The molecule has 1 nitrogen and oxygen atoms in total. The minimum Gasteiger partial charge on any atom is -0.405 e. The Labute approximate surface area is 78.7 Å². The molecule has 0 atom stereocenters. The molecule has 0 aromatic rings. The van der Waals surface area contributed by atoms with Gasteiger partial charge in [-0.3, -0.25) is 0 Å². The lowest BCUT2D eigenvalue weighted by molar-refractivity contribution is 1.50. The summed E-state index contributed by atoms with van der Waals surface area (Å²) >= 11 is 0. The summed E-state index contributed by atoms with van der Waals surface area (Å²) < 4.78 is 0. The van der Waals surface area contributed by atoms with Crippen molar-refractivity contribution in [1.29, 1.82) is 0 Å². The number of nitrogens with two attached hydrogens (primary N) is 1. The van der Waals surface area contributed by atoms with Gasteiger partial charge in [0, 0.05) is 0 Å². The molecule has 0 rings (SSSR count). The van der Waals surface area contributed by atoms with Crippen LogP contribution in [-0.2, 0) is 0 Å². The van der Waals surface area contributed by atoms with E-state index in [1.165, 1.54) is 6.20 Å². The van der Waals surface area contributed by atoms with Crippen molar-refractivity contribution < 1.29 is 0 Å². The number of hydrogen-bond donors (Lipinski definition) is 1. The van der Waals surface area contributed by atoms with Gasteiger partial charge >= 0.3 is 0 Å². The first kappa shape index (κ1) is 22.5. The molecule has 12 heavy (non-hydrogen) atoms. The third-order valence-electron chi connectivity index (χ3n) is 0.526. The highest BCUT2D eigenvalue weighted by molar-refractivity contribution is 4.68. The largest absolute Gasteiger partial charge is 0.405 e. The van der Waals surface area contributed by atoms with Gasteiger partial charge in [0.1, 0.15) is 0 Å². The van der Waals surface area contributed by atoms with Crippen molar-refractivity contribution in [2.75, 3.05) is 0 Å². The molecule has 0 aliphatic heterocycles. The Morgan fingerprint density at radius 2 is 1.00 bits per heavy atom. The van der Waals surface area contributed by atoms with Crippen molar-refractivity contribution in [1.82, 2.24) is 0 Å². The van der Waals surface area contributed by atoms with Gasteiger partial charge < -0.3 is 5.73 Å². The van der Waals surface area contributed by atoms with E-state index in [2.05, 4.69) is 13.2 Å². The van der Waals surface area contributed by atoms with Crippen molar-refractivity contribution in [3.05, 3.63) is 37.6 Å². The van der Waals surface area contributed by atoms with Crippen molar-refractivity contribution in [2.45, 2.75) is 34.6 Å². The molecule has 0 saturated carbocycles. The molecule has 74 valence electrons. The van der Waals surface area contributed by atoms with Gasteiger partial charge in [0.2, 0.25) is 0 Å². The zero-order chi connectivity index (χ0) is 10.8. The second-order valence-electron chi connectivity index (χ2n) is 1.19. The maximum Gasteiger partial charge on any atom is -0.0106 e. The van der Waals surface area contributed by atoms with E-state index >= 15 is 0 Å². The lowest BCUT2D eigenvalue weighted by atomic mass is 10.6. The Bertz CT molecular complexity index is 55.1. The fraction of sp³-hybridized carbons (Fsp3) is 0.455. The Balaban J connectivity index is -0.0000000380. The van der Waals surface area contributed by atoms with Gasteiger partial charge in [-0.15, -0.1) is 13.2 Å². The van der Waals surface area contributed by atoms with Crippen LogP contribution in [0.3, 0.4) is 0 Å². The van der Waals surface area contributed by atoms with E-state index in [1.54, 1.807) is 6.08 Å². The predicted molar refractivity (Wildman–Crippen MR) is 62.1 cm³/mol. The van der Waals surface area contributed by atoms with E-state index in [9.17, 15) is 0 Å². The van der Waals surface area contributed by atoms with Crippen LogP contribution in [0, 0.1) is 0 Å². The molecular weight excluding hydrogens is 146 g/mol. The highest BCUT2D eigenvalue weighted by Gasteiger charge is 1.34. The Kier molecular flexibility index (Phi) is 167. The van der Waals surface area contributed by atoms with E-state index < -0.39 is 0 Å². The summed E-state index contributed by atoms with van der Waals surface area (Å²) in [6.45, 7) is 15.9. The Hall–Kier alpha value is -0.980. The lowest BCUT2D eigenvalue weighted by Crippen LogP contribution is -1.70. The van der Waals surface area contributed by atoms with Gasteiger partial charge in [0.25, 0.3) is 0 Å². The number of allylic oxidation sites excluding steroid dienone is 3. The standard InChI is InChI=1S/C4H8.C3H7N.C2H6.C2H4/c1-3-4-2;1-2-3-4;2*1-2/h3-4H,1-2H3;2-3H,4H2,1H3;1-2H3;1-2H2/b4-3+;3-2+;;. The summed E-state index contributed by atoms with van der Waals surface area (Å²) in [5, 5.41) is 0. The van der Waals surface area contributed by atoms with Gasteiger partial charge in [-0.2, -0.15) is 0 Å². The highest BCUT2D eigenvalue weighted by Crippen LogP contribution is 1.57. The second kappa shape index (κ2) is 89.4. The molecule has 0 aliphatic carbocycles. The summed E-state index contributed by atoms with van der Waals surface area (Å²) in [4.78, 5) is 0. The number of rotatable bonds is 0. The molecule has 1 heteroatoms. The third-order valence-corrected chi connectivity index (χ3v) is 0.526. The van der Waals surface area contributed by atoms with Crippen molar-refractivity contribution >= 4 is 0 Å². The summed E-state index contributed by atoms with van der Waals surface area (Å²) in [5.41, 5.74) is 4.85. The highest BCUT2D eigenvalue weighted by atomic mass is 14.5. The molecule has 0 aromatic heterocycles. The zero-order valence-electron chi connectivity index (χ0n) is 9.30. The minimum absolute atomic E-state index is 1.50. The second-order valence-corrected chi connectivity index (χ2v) is 1.19. The van der Waals surface area contributed by atoms with Crippen LogP contribution in [0.2, 0.25) is 0 Å². The van der Waals surface area contributed by atoms with Crippen LogP contribution in [0.5, 0.6) is 0 Å². The molecule has 0 heterocycles. The molecule has 0 aliphatic rings. The SMILES string of the molecule is C/C=C/C.C/C=C/N.C=C.CC. The molecule has 0 amide bonds. The maximum absolute atomic E-state index is 4.85. The van der Waals surface area contributed by atoms with Gasteiger partial charge in [-0.1, -0.05) is 32.1 Å². The van der Waals surface area contributed by atoms with E-state index in [0.29, 0.717) is 0 Å². The lowest BCUT2D eigenvalue weighted by Gasteiger charge is -1.53. The number of hydrogen-bond acceptors (Lipinski definition) is 1. The molecule has 0 aromatic carbocycles. The molecule has 0 saturated heterocycles. The predicted octanol–water partition coefficient (Wildman–Crippen LogP) is 3.89. The van der Waals surface area contributed by atoms with Gasteiger partial charge in [-0.05, 0) is 27.0 Å². The Morgan fingerprint density at radius 1 is 0.833 bits per heavy atom. The van der Waals surface area contributed by atoms with Gasteiger partial charge in [-0.25, -0.2) is 0 Å². The van der Waals surface area contributed by atoms with Crippen molar-refractivity contribution in [3.63, 3.8) is 0 Å². The van der Waals surface area contributed by atoms with E-state index in [1.807, 2.05) is 46.8 Å². The van der Waals surface area contributed by atoms with Crippen LogP contribution in [0.15, 0.2) is 37.6 Å². The van der Waals surface area contributed by atoms with Crippen LogP contribution in [0.4, 0.5) is 0 Å². The zero-order valence-corrected chi connectivity index (χ0v) is 9.30. The van der Waals surface area contributed by atoms with Crippen LogP contribution in [-0.4, -0.2) is 0 Å². The van der Waals surface area contributed by atoms with Gasteiger partial charge in [0.05, 0.1) is 0 Å². The van der Waals surface area contributed by atoms with Gasteiger partial charge in [0.15, 0.2) is 0 Å². The summed E-state index contributed by atoms with van der Waals surface area (Å²) in [7, 11) is 0.